The van der Waals surface area contributed by atoms with Gasteiger partial charge in [-0.2, -0.15) is 0 Å². The molecule has 0 saturated carbocycles. The lowest BCUT2D eigenvalue weighted by Crippen LogP contribution is -2.20. The highest BCUT2D eigenvalue weighted by Crippen LogP contribution is 2.35. The molecule has 3 nitrogen and oxygen atoms in total. The van der Waals surface area contributed by atoms with Crippen LogP contribution in [0.1, 0.15) is 23.8 Å². The molecule has 0 amide bonds. The zero-order valence-corrected chi connectivity index (χ0v) is 11.6. The number of nitrogens with zero attached hydrogens (tertiary/aromatic N) is 2. The summed E-state index contributed by atoms with van der Waals surface area (Å²) in [5.74, 6) is 0.941. The Morgan fingerprint density at radius 1 is 1.47 bits per heavy atom. The van der Waals surface area contributed by atoms with Crippen LogP contribution in [-0.4, -0.2) is 15.3 Å². The maximum atomic E-state index is 12.4. The third-order valence-corrected chi connectivity index (χ3v) is 5.28. The summed E-state index contributed by atoms with van der Waals surface area (Å²) < 4.78 is 1.70. The van der Waals surface area contributed by atoms with E-state index in [-0.39, 0.29) is 5.56 Å². The topological polar surface area (TPSA) is 34.9 Å². The van der Waals surface area contributed by atoms with E-state index in [9.17, 15) is 4.79 Å². The Kier molecular flexibility index (Phi) is 2.75. The summed E-state index contributed by atoms with van der Waals surface area (Å²) in [7, 11) is 1.83. The molecule has 5 heteroatoms. The third-order valence-electron chi connectivity index (χ3n) is 3.18. The second-order valence-electron chi connectivity index (χ2n) is 4.23. The van der Waals surface area contributed by atoms with Gasteiger partial charge < -0.3 is 0 Å². The minimum Gasteiger partial charge on any atom is -0.290 e. The molecule has 2 aromatic rings. The summed E-state index contributed by atoms with van der Waals surface area (Å²) in [6, 6.07) is 0. The van der Waals surface area contributed by atoms with Crippen molar-refractivity contribution in [1.82, 2.24) is 9.55 Å². The quantitative estimate of drug-likeness (QED) is 0.619. The van der Waals surface area contributed by atoms with Gasteiger partial charge in [0.1, 0.15) is 4.83 Å². The molecule has 0 aliphatic heterocycles. The molecular formula is C12H14N2OS2. The van der Waals surface area contributed by atoms with Crippen LogP contribution in [0.5, 0.6) is 0 Å². The first-order chi connectivity index (χ1) is 8.22. The van der Waals surface area contributed by atoms with Gasteiger partial charge in [0.05, 0.1) is 5.39 Å². The molecule has 90 valence electrons. The lowest BCUT2D eigenvalue weighted by atomic mass is 10.2. The Labute approximate surface area is 108 Å². The van der Waals surface area contributed by atoms with Gasteiger partial charge in [-0.3, -0.25) is 9.36 Å². The van der Waals surface area contributed by atoms with Crippen LogP contribution < -0.4 is 5.56 Å². The maximum absolute atomic E-state index is 12.4. The Balaban J connectivity index is 2.33. The van der Waals surface area contributed by atoms with Crippen LogP contribution in [0.25, 0.3) is 10.2 Å². The molecule has 0 saturated heterocycles. The van der Waals surface area contributed by atoms with E-state index in [0.29, 0.717) is 0 Å². The van der Waals surface area contributed by atoms with Gasteiger partial charge in [-0.1, -0.05) is 18.7 Å². The number of aromatic nitrogens is 2. The standard InChI is InChI=1S/C12H14N2OS2/c1-3-16-12-13-10-9(11(15)14(12)2)7-5-4-6-8(7)17-10/h3-6H2,1-2H3. The number of thiophene rings is 1. The van der Waals surface area contributed by atoms with E-state index < -0.39 is 0 Å². The Morgan fingerprint density at radius 3 is 3.06 bits per heavy atom. The fourth-order valence-corrected chi connectivity index (χ4v) is 4.36. The third kappa shape index (κ3) is 1.64. The van der Waals surface area contributed by atoms with E-state index in [1.807, 2.05) is 7.05 Å². The molecule has 0 atom stereocenters. The number of hydrogen-bond acceptors (Lipinski definition) is 4. The first-order valence-electron chi connectivity index (χ1n) is 5.86. The first-order valence-corrected chi connectivity index (χ1v) is 7.66. The van der Waals surface area contributed by atoms with Gasteiger partial charge in [-0.15, -0.1) is 11.3 Å². The van der Waals surface area contributed by atoms with Gasteiger partial charge >= 0.3 is 0 Å². The van der Waals surface area contributed by atoms with Crippen LogP contribution in [-0.2, 0) is 19.9 Å². The van der Waals surface area contributed by atoms with Crippen molar-refractivity contribution in [2.45, 2.75) is 31.3 Å². The van der Waals surface area contributed by atoms with Crippen molar-refractivity contribution in [2.75, 3.05) is 5.75 Å². The van der Waals surface area contributed by atoms with E-state index in [2.05, 4.69) is 11.9 Å². The number of thioether (sulfide) groups is 1. The Morgan fingerprint density at radius 2 is 2.29 bits per heavy atom. The number of rotatable bonds is 2. The predicted molar refractivity (Wildman–Crippen MR) is 73.3 cm³/mol. The van der Waals surface area contributed by atoms with Gasteiger partial charge in [0.15, 0.2) is 5.16 Å². The highest BCUT2D eigenvalue weighted by Gasteiger charge is 2.22. The van der Waals surface area contributed by atoms with Gasteiger partial charge in [0.2, 0.25) is 0 Å². The summed E-state index contributed by atoms with van der Waals surface area (Å²) in [5, 5.41) is 1.72. The molecule has 0 unspecified atom stereocenters. The van der Waals surface area contributed by atoms with E-state index in [0.717, 1.165) is 34.0 Å². The summed E-state index contributed by atoms with van der Waals surface area (Å²) in [4.78, 5) is 19.3. The Hall–Kier alpha value is -0.810. The van der Waals surface area contributed by atoms with Crippen molar-refractivity contribution in [1.29, 1.82) is 0 Å². The summed E-state index contributed by atoms with van der Waals surface area (Å²) >= 11 is 3.34. The van der Waals surface area contributed by atoms with E-state index in [4.69, 9.17) is 0 Å². The minimum absolute atomic E-state index is 0.130. The highest BCUT2D eigenvalue weighted by atomic mass is 32.2. The molecule has 0 bridgehead atoms. The summed E-state index contributed by atoms with van der Waals surface area (Å²) in [5.41, 5.74) is 1.40. The average Bonchev–Trinajstić information content (AvgIpc) is 2.85. The largest absolute Gasteiger partial charge is 0.290 e. The monoisotopic (exact) mass is 266 g/mol. The second kappa shape index (κ2) is 4.14. The molecule has 2 aromatic heterocycles. The number of aryl methyl sites for hydroxylation is 2. The molecule has 17 heavy (non-hydrogen) atoms. The number of fused-ring (bicyclic) bond motifs is 3. The molecule has 1 aliphatic rings. The van der Waals surface area contributed by atoms with Gasteiger partial charge in [0.25, 0.3) is 5.56 Å². The van der Waals surface area contributed by atoms with Crippen LogP contribution in [0, 0.1) is 0 Å². The zero-order valence-electron chi connectivity index (χ0n) is 9.95. The van der Waals surface area contributed by atoms with Crippen LogP contribution in [0.3, 0.4) is 0 Å². The molecule has 3 rings (SSSR count). The van der Waals surface area contributed by atoms with Crippen molar-refractivity contribution in [3.8, 4) is 0 Å². The van der Waals surface area contributed by atoms with Crippen LogP contribution in [0.2, 0.25) is 0 Å². The van der Waals surface area contributed by atoms with Crippen LogP contribution in [0.15, 0.2) is 9.95 Å². The Bertz CT molecular complexity index is 642. The molecular weight excluding hydrogens is 252 g/mol. The molecule has 1 aliphatic carbocycles. The zero-order chi connectivity index (χ0) is 12.0. The summed E-state index contributed by atoms with van der Waals surface area (Å²) in [6.07, 6.45) is 3.36. The lowest BCUT2D eigenvalue weighted by Gasteiger charge is -2.05. The van der Waals surface area contributed by atoms with E-state index >= 15 is 0 Å². The fraction of sp³-hybridized carbons (Fsp3) is 0.500. The number of hydrogen-bond donors (Lipinski definition) is 0. The first kappa shape index (κ1) is 11.3. The molecule has 0 spiro atoms. The van der Waals surface area contributed by atoms with Gasteiger partial charge in [-0.25, -0.2) is 4.98 Å². The highest BCUT2D eigenvalue weighted by molar-refractivity contribution is 7.99. The molecule has 0 aromatic carbocycles. The van der Waals surface area contributed by atoms with Crippen molar-refractivity contribution in [2.24, 2.45) is 7.05 Å². The van der Waals surface area contributed by atoms with E-state index in [1.54, 1.807) is 27.7 Å². The van der Waals surface area contributed by atoms with Crippen LogP contribution in [0.4, 0.5) is 0 Å². The van der Waals surface area contributed by atoms with Crippen molar-refractivity contribution >= 4 is 33.3 Å². The fourth-order valence-electron chi connectivity index (χ4n) is 2.36. The normalized spacial score (nSPS) is 14.5. The molecule has 2 heterocycles. The lowest BCUT2D eigenvalue weighted by molar-refractivity contribution is 0.727. The minimum atomic E-state index is 0.130. The van der Waals surface area contributed by atoms with Crippen molar-refractivity contribution in [3.63, 3.8) is 0 Å². The smallest absolute Gasteiger partial charge is 0.262 e. The molecule has 0 fully saturated rings. The van der Waals surface area contributed by atoms with Crippen molar-refractivity contribution in [3.05, 3.63) is 20.8 Å². The van der Waals surface area contributed by atoms with E-state index in [1.165, 1.54) is 16.9 Å². The summed E-state index contributed by atoms with van der Waals surface area (Å²) in [6.45, 7) is 2.08. The van der Waals surface area contributed by atoms with Gasteiger partial charge in [-0.05, 0) is 30.6 Å². The average molecular weight is 266 g/mol. The maximum Gasteiger partial charge on any atom is 0.262 e. The van der Waals surface area contributed by atoms with Crippen LogP contribution >= 0.6 is 23.1 Å². The SMILES string of the molecule is CCSc1nc2sc3c(c2c(=O)n1C)CCC3. The molecule has 0 radical (unpaired) electrons. The van der Waals surface area contributed by atoms with Crippen molar-refractivity contribution < 1.29 is 0 Å². The molecule has 0 N–H and O–H groups in total. The predicted octanol–water partition coefficient (Wildman–Crippen LogP) is 2.60. The van der Waals surface area contributed by atoms with Gasteiger partial charge in [0, 0.05) is 11.9 Å². The second-order valence-corrected chi connectivity index (χ2v) is 6.54.